The van der Waals surface area contributed by atoms with Gasteiger partial charge in [-0.15, -0.1) is 0 Å². The topological polar surface area (TPSA) is 44.0 Å². The summed E-state index contributed by atoms with van der Waals surface area (Å²) in [6.07, 6.45) is 0. The second-order valence-corrected chi connectivity index (χ2v) is 4.03. The standard InChI is InChI=1S/C11H6INO/c12-11-9-5-7(6-13)1-2-8(9)3-4-10(11)14/h1-5,14H. The van der Waals surface area contributed by atoms with Gasteiger partial charge in [-0.1, -0.05) is 12.1 Å². The molecule has 0 atom stereocenters. The van der Waals surface area contributed by atoms with E-state index in [-0.39, 0.29) is 5.75 Å². The van der Waals surface area contributed by atoms with Crippen LogP contribution in [0.3, 0.4) is 0 Å². The number of nitrogens with zero attached hydrogens (tertiary/aromatic N) is 1. The summed E-state index contributed by atoms with van der Waals surface area (Å²) in [4.78, 5) is 0. The lowest BCUT2D eigenvalue weighted by atomic mass is 10.1. The van der Waals surface area contributed by atoms with Crippen LogP contribution < -0.4 is 0 Å². The Balaban J connectivity index is 2.86. The van der Waals surface area contributed by atoms with Crippen molar-refractivity contribution in [3.8, 4) is 11.8 Å². The summed E-state index contributed by atoms with van der Waals surface area (Å²) < 4.78 is 0.789. The van der Waals surface area contributed by atoms with E-state index in [1.54, 1.807) is 18.2 Å². The third kappa shape index (κ3) is 1.42. The molecule has 68 valence electrons. The third-order valence-corrected chi connectivity index (χ3v) is 3.20. The van der Waals surface area contributed by atoms with Gasteiger partial charge in [0.2, 0.25) is 0 Å². The molecule has 0 spiro atoms. The Morgan fingerprint density at radius 2 is 1.93 bits per heavy atom. The van der Waals surface area contributed by atoms with Gasteiger partial charge in [-0.05, 0) is 46.2 Å². The molecule has 0 saturated heterocycles. The van der Waals surface area contributed by atoms with E-state index in [1.807, 2.05) is 12.1 Å². The molecule has 0 heterocycles. The normalized spacial score (nSPS) is 10.0. The second kappa shape index (κ2) is 3.46. The highest BCUT2D eigenvalue weighted by Crippen LogP contribution is 2.28. The third-order valence-electron chi connectivity index (χ3n) is 2.06. The van der Waals surface area contributed by atoms with Crippen LogP contribution in [0.2, 0.25) is 0 Å². The van der Waals surface area contributed by atoms with Crippen molar-refractivity contribution in [3.63, 3.8) is 0 Å². The molecular weight excluding hydrogens is 289 g/mol. The molecule has 0 aliphatic heterocycles. The maximum absolute atomic E-state index is 9.49. The summed E-state index contributed by atoms with van der Waals surface area (Å²) in [7, 11) is 0. The minimum Gasteiger partial charge on any atom is -0.507 e. The van der Waals surface area contributed by atoms with Crippen LogP contribution in [0.4, 0.5) is 0 Å². The molecule has 1 N–H and O–H groups in total. The highest BCUT2D eigenvalue weighted by atomic mass is 127. The molecule has 14 heavy (non-hydrogen) atoms. The highest BCUT2D eigenvalue weighted by molar-refractivity contribution is 14.1. The number of halogens is 1. The molecule has 0 radical (unpaired) electrons. The van der Waals surface area contributed by atoms with Crippen LogP contribution in [0.5, 0.6) is 5.75 Å². The van der Waals surface area contributed by atoms with Gasteiger partial charge in [0.25, 0.3) is 0 Å². The van der Waals surface area contributed by atoms with Gasteiger partial charge in [0.15, 0.2) is 0 Å². The smallest absolute Gasteiger partial charge is 0.129 e. The van der Waals surface area contributed by atoms with Crippen molar-refractivity contribution in [2.24, 2.45) is 0 Å². The monoisotopic (exact) mass is 295 g/mol. The summed E-state index contributed by atoms with van der Waals surface area (Å²) in [6.45, 7) is 0. The van der Waals surface area contributed by atoms with Crippen molar-refractivity contribution in [1.29, 1.82) is 5.26 Å². The lowest BCUT2D eigenvalue weighted by molar-refractivity contribution is 0.472. The van der Waals surface area contributed by atoms with Gasteiger partial charge >= 0.3 is 0 Å². The van der Waals surface area contributed by atoms with E-state index in [2.05, 4.69) is 28.7 Å². The van der Waals surface area contributed by atoms with Gasteiger partial charge in [-0.3, -0.25) is 0 Å². The van der Waals surface area contributed by atoms with Crippen molar-refractivity contribution in [2.75, 3.05) is 0 Å². The fraction of sp³-hybridized carbons (Fsp3) is 0. The molecule has 0 fully saturated rings. The number of hydrogen-bond acceptors (Lipinski definition) is 2. The minimum atomic E-state index is 0.258. The summed E-state index contributed by atoms with van der Waals surface area (Å²) in [5, 5.41) is 20.2. The molecular formula is C11H6INO. The number of phenols is 1. The number of benzene rings is 2. The van der Waals surface area contributed by atoms with Crippen molar-refractivity contribution in [2.45, 2.75) is 0 Å². The minimum absolute atomic E-state index is 0.258. The first-order valence-corrected chi connectivity index (χ1v) is 5.11. The van der Waals surface area contributed by atoms with Gasteiger partial charge in [0.05, 0.1) is 15.2 Å². The SMILES string of the molecule is N#Cc1ccc2ccc(O)c(I)c2c1. The zero-order chi connectivity index (χ0) is 10.1. The van der Waals surface area contributed by atoms with Gasteiger partial charge in [-0.25, -0.2) is 0 Å². The largest absolute Gasteiger partial charge is 0.507 e. The van der Waals surface area contributed by atoms with Crippen molar-refractivity contribution in [3.05, 3.63) is 39.5 Å². The number of nitriles is 1. The number of rotatable bonds is 0. The van der Waals surface area contributed by atoms with E-state index < -0.39 is 0 Å². The summed E-state index contributed by atoms with van der Waals surface area (Å²) in [6, 6.07) is 11.0. The van der Waals surface area contributed by atoms with E-state index >= 15 is 0 Å². The Bertz CT molecular complexity index is 543. The fourth-order valence-electron chi connectivity index (χ4n) is 1.34. The molecule has 0 aliphatic rings. The predicted octanol–water partition coefficient (Wildman–Crippen LogP) is 3.02. The van der Waals surface area contributed by atoms with Crippen LogP contribution in [0, 0.1) is 14.9 Å². The zero-order valence-electron chi connectivity index (χ0n) is 7.16. The van der Waals surface area contributed by atoms with Crippen molar-refractivity contribution >= 4 is 33.4 Å². The molecule has 2 nitrogen and oxygen atoms in total. The maximum atomic E-state index is 9.49. The number of phenolic OH excluding ortho intramolecular Hbond substituents is 1. The highest BCUT2D eigenvalue weighted by Gasteiger charge is 2.04. The van der Waals surface area contributed by atoms with E-state index in [0.29, 0.717) is 5.56 Å². The van der Waals surface area contributed by atoms with Gasteiger partial charge in [0, 0.05) is 5.39 Å². The Labute approximate surface area is 94.9 Å². The number of fused-ring (bicyclic) bond motifs is 1. The Hall–Kier alpha value is -1.28. The maximum Gasteiger partial charge on any atom is 0.129 e. The summed E-state index contributed by atoms with van der Waals surface area (Å²) in [5.74, 6) is 0.258. The summed E-state index contributed by atoms with van der Waals surface area (Å²) in [5.41, 5.74) is 0.612. The second-order valence-electron chi connectivity index (χ2n) is 2.95. The van der Waals surface area contributed by atoms with Gasteiger partial charge < -0.3 is 5.11 Å². The van der Waals surface area contributed by atoms with Crippen molar-refractivity contribution in [1.82, 2.24) is 0 Å². The molecule has 0 amide bonds. The lowest BCUT2D eigenvalue weighted by Gasteiger charge is -2.02. The Kier molecular flexibility index (Phi) is 2.30. The molecule has 2 aromatic carbocycles. The average Bonchev–Trinajstić information content (AvgIpc) is 2.23. The van der Waals surface area contributed by atoms with Crippen LogP contribution in [-0.2, 0) is 0 Å². The first-order chi connectivity index (χ1) is 6.72. The molecule has 2 aromatic rings. The van der Waals surface area contributed by atoms with Crippen LogP contribution >= 0.6 is 22.6 Å². The molecule has 2 rings (SSSR count). The molecule has 0 aromatic heterocycles. The van der Waals surface area contributed by atoms with Gasteiger partial charge in [-0.2, -0.15) is 5.26 Å². The average molecular weight is 295 g/mol. The van der Waals surface area contributed by atoms with Crippen LogP contribution in [-0.4, -0.2) is 5.11 Å². The van der Waals surface area contributed by atoms with Crippen molar-refractivity contribution < 1.29 is 5.11 Å². The number of aromatic hydroxyl groups is 1. The Morgan fingerprint density at radius 3 is 2.64 bits per heavy atom. The first-order valence-electron chi connectivity index (χ1n) is 4.03. The van der Waals surface area contributed by atoms with E-state index in [1.165, 1.54) is 0 Å². The predicted molar refractivity (Wildman–Crippen MR) is 63.0 cm³/mol. The van der Waals surface area contributed by atoms with Crippen LogP contribution in [0.25, 0.3) is 10.8 Å². The van der Waals surface area contributed by atoms with E-state index in [9.17, 15) is 5.11 Å². The molecule has 0 unspecified atom stereocenters. The van der Waals surface area contributed by atoms with Crippen LogP contribution in [0.1, 0.15) is 5.56 Å². The zero-order valence-corrected chi connectivity index (χ0v) is 9.32. The quantitative estimate of drug-likeness (QED) is 0.759. The molecule has 0 saturated carbocycles. The fourth-order valence-corrected chi connectivity index (χ4v) is 1.99. The van der Waals surface area contributed by atoms with E-state index in [0.717, 1.165) is 14.3 Å². The Morgan fingerprint density at radius 1 is 1.21 bits per heavy atom. The number of hydrogen-bond donors (Lipinski definition) is 1. The summed E-state index contributed by atoms with van der Waals surface area (Å²) >= 11 is 2.08. The van der Waals surface area contributed by atoms with Crippen LogP contribution in [0.15, 0.2) is 30.3 Å². The lowest BCUT2D eigenvalue weighted by Crippen LogP contribution is -1.81. The molecule has 0 bridgehead atoms. The van der Waals surface area contributed by atoms with E-state index in [4.69, 9.17) is 5.26 Å². The first kappa shape index (κ1) is 9.28. The molecule has 3 heteroatoms. The van der Waals surface area contributed by atoms with Gasteiger partial charge in [0.1, 0.15) is 5.75 Å². The molecule has 0 aliphatic carbocycles.